The van der Waals surface area contributed by atoms with Crippen molar-refractivity contribution in [2.24, 2.45) is 11.8 Å². The zero-order chi connectivity index (χ0) is 23.5. The van der Waals surface area contributed by atoms with Gasteiger partial charge in [-0.25, -0.2) is 0 Å². The minimum absolute atomic E-state index is 0.0203. The number of carbonyl (C=O) groups excluding carboxylic acids is 2. The van der Waals surface area contributed by atoms with Gasteiger partial charge in [0.05, 0.1) is 10.0 Å². The summed E-state index contributed by atoms with van der Waals surface area (Å²) in [5, 5.41) is 4.91. The number of hydrogen-bond acceptors (Lipinski definition) is 4. The Bertz CT molecular complexity index is 1120. The van der Waals surface area contributed by atoms with Gasteiger partial charge in [-0.2, -0.15) is 0 Å². The normalized spacial score (nSPS) is 16.3. The molecule has 7 heteroatoms. The van der Waals surface area contributed by atoms with Crippen LogP contribution in [-0.4, -0.2) is 42.3 Å². The first-order valence-corrected chi connectivity index (χ1v) is 12.1. The number of amides is 1. The molecule has 0 spiro atoms. The van der Waals surface area contributed by atoms with Crippen molar-refractivity contribution in [2.75, 3.05) is 19.6 Å². The molecule has 174 valence electrons. The average Bonchev–Trinajstić information content (AvgIpc) is 3.25. The summed E-state index contributed by atoms with van der Waals surface area (Å²) < 4.78 is 5.72. The van der Waals surface area contributed by atoms with E-state index in [1.807, 2.05) is 24.3 Å². The Hall–Kier alpha value is -2.34. The van der Waals surface area contributed by atoms with E-state index in [-0.39, 0.29) is 29.6 Å². The molecule has 4 rings (SSSR count). The Morgan fingerprint density at radius 1 is 1.06 bits per heavy atom. The number of likely N-dealkylation sites (tertiary alicyclic amines) is 1. The summed E-state index contributed by atoms with van der Waals surface area (Å²) in [5.74, 6) is 0.476. The Balaban J connectivity index is 1.34. The predicted molar refractivity (Wildman–Crippen MR) is 132 cm³/mol. The van der Waals surface area contributed by atoms with Crippen LogP contribution in [0, 0.1) is 11.8 Å². The molecule has 1 fully saturated rings. The number of ketones is 1. The lowest BCUT2D eigenvalue weighted by Crippen LogP contribution is -2.49. The van der Waals surface area contributed by atoms with E-state index in [9.17, 15) is 9.59 Å². The third-order valence-corrected chi connectivity index (χ3v) is 7.13. The standard InChI is InChI=1S/C26H28Cl2N2O3/c1-16(2)22(29-26(32)24-14-18-5-3-4-6-23(18)33-24)15-30-11-9-17(10-12-30)25(31)19-7-8-20(27)21(28)13-19/h3-8,13-14,16-17,22H,9-12,15H2,1-2H3,(H,29,32). The number of piperidine rings is 1. The molecule has 5 nitrogen and oxygen atoms in total. The highest BCUT2D eigenvalue weighted by atomic mass is 35.5. The van der Waals surface area contributed by atoms with Gasteiger partial charge in [0.1, 0.15) is 5.58 Å². The van der Waals surface area contributed by atoms with Gasteiger partial charge in [-0.3, -0.25) is 9.59 Å². The molecule has 1 unspecified atom stereocenters. The van der Waals surface area contributed by atoms with Gasteiger partial charge in [0.15, 0.2) is 11.5 Å². The van der Waals surface area contributed by atoms with Gasteiger partial charge in [-0.15, -0.1) is 0 Å². The molecule has 2 aromatic carbocycles. The van der Waals surface area contributed by atoms with Gasteiger partial charge in [0.2, 0.25) is 0 Å². The van der Waals surface area contributed by atoms with Crippen LogP contribution in [0.5, 0.6) is 0 Å². The maximum absolute atomic E-state index is 12.9. The molecule has 3 aromatic rings. The largest absolute Gasteiger partial charge is 0.451 e. The number of hydrogen-bond donors (Lipinski definition) is 1. The maximum atomic E-state index is 12.9. The second kappa shape index (κ2) is 10.3. The first kappa shape index (κ1) is 23.8. The first-order valence-electron chi connectivity index (χ1n) is 11.3. The Kier molecular flexibility index (Phi) is 7.42. The van der Waals surface area contributed by atoms with Crippen LogP contribution >= 0.6 is 23.2 Å². The van der Waals surface area contributed by atoms with Gasteiger partial charge in [0.25, 0.3) is 5.91 Å². The van der Waals surface area contributed by atoms with Crippen molar-refractivity contribution in [3.05, 3.63) is 69.9 Å². The minimum Gasteiger partial charge on any atom is -0.451 e. The Labute approximate surface area is 204 Å². The summed E-state index contributed by atoms with van der Waals surface area (Å²) >= 11 is 12.1. The number of rotatable bonds is 7. The summed E-state index contributed by atoms with van der Waals surface area (Å²) in [5.41, 5.74) is 1.32. The van der Waals surface area contributed by atoms with Crippen LogP contribution in [0.2, 0.25) is 10.0 Å². The summed E-state index contributed by atoms with van der Waals surface area (Å²) in [6.45, 7) is 6.55. The van der Waals surface area contributed by atoms with Crippen molar-refractivity contribution in [3.63, 3.8) is 0 Å². The summed E-state index contributed by atoms with van der Waals surface area (Å²) in [6, 6.07) is 14.4. The van der Waals surface area contributed by atoms with Crippen LogP contribution in [0.15, 0.2) is 52.9 Å². The third-order valence-electron chi connectivity index (χ3n) is 6.39. The van der Waals surface area contributed by atoms with Crippen LogP contribution in [0.25, 0.3) is 11.0 Å². The van der Waals surface area contributed by atoms with Gasteiger partial charge in [0, 0.05) is 29.5 Å². The number of benzene rings is 2. The smallest absolute Gasteiger partial charge is 0.287 e. The van der Waals surface area contributed by atoms with Crippen molar-refractivity contribution in [1.29, 1.82) is 0 Å². The SMILES string of the molecule is CC(C)C(CN1CCC(C(=O)c2ccc(Cl)c(Cl)c2)CC1)NC(=O)c1cc2ccccc2o1. The fraction of sp³-hybridized carbons (Fsp3) is 0.385. The number of para-hydroxylation sites is 1. The van der Waals surface area contributed by atoms with E-state index in [0.29, 0.717) is 27.0 Å². The number of carbonyl (C=O) groups is 2. The molecule has 1 amide bonds. The molecule has 0 saturated carbocycles. The number of fused-ring (bicyclic) bond motifs is 1. The highest BCUT2D eigenvalue weighted by Crippen LogP contribution is 2.27. The molecule has 1 N–H and O–H groups in total. The molecule has 2 heterocycles. The van der Waals surface area contributed by atoms with E-state index in [4.69, 9.17) is 27.6 Å². The lowest BCUT2D eigenvalue weighted by molar-refractivity contribution is 0.0805. The van der Waals surface area contributed by atoms with E-state index < -0.39 is 0 Å². The lowest BCUT2D eigenvalue weighted by atomic mass is 9.88. The monoisotopic (exact) mass is 486 g/mol. The van der Waals surface area contributed by atoms with Gasteiger partial charge >= 0.3 is 0 Å². The Morgan fingerprint density at radius 2 is 1.79 bits per heavy atom. The van der Waals surface area contributed by atoms with Crippen molar-refractivity contribution in [2.45, 2.75) is 32.7 Å². The molecule has 33 heavy (non-hydrogen) atoms. The van der Waals surface area contributed by atoms with Crippen molar-refractivity contribution in [3.8, 4) is 0 Å². The molecule has 1 atom stereocenters. The summed E-state index contributed by atoms with van der Waals surface area (Å²) in [7, 11) is 0. The Morgan fingerprint density at radius 3 is 2.45 bits per heavy atom. The van der Waals surface area contributed by atoms with E-state index >= 15 is 0 Å². The molecule has 0 bridgehead atoms. The zero-order valence-corrected chi connectivity index (χ0v) is 20.3. The molecule has 0 radical (unpaired) electrons. The van der Waals surface area contributed by atoms with E-state index in [1.54, 1.807) is 24.3 Å². The van der Waals surface area contributed by atoms with Crippen molar-refractivity contribution < 1.29 is 14.0 Å². The molecule has 1 aromatic heterocycles. The van der Waals surface area contributed by atoms with Crippen molar-refractivity contribution >= 4 is 45.9 Å². The molecule has 0 aliphatic carbocycles. The van der Waals surface area contributed by atoms with Crippen LogP contribution < -0.4 is 5.32 Å². The van der Waals surface area contributed by atoms with E-state index in [1.165, 1.54) is 0 Å². The lowest BCUT2D eigenvalue weighted by Gasteiger charge is -2.35. The van der Waals surface area contributed by atoms with Gasteiger partial charge < -0.3 is 14.6 Å². The second-order valence-electron chi connectivity index (χ2n) is 9.04. The number of halogens is 2. The predicted octanol–water partition coefficient (Wildman–Crippen LogP) is 6.09. The minimum atomic E-state index is -0.199. The number of Topliss-reactive ketones (excluding diaryl/α,β-unsaturated/α-hetero) is 1. The van der Waals surface area contributed by atoms with E-state index in [0.717, 1.165) is 37.9 Å². The van der Waals surface area contributed by atoms with Crippen LogP contribution in [-0.2, 0) is 0 Å². The fourth-order valence-electron chi connectivity index (χ4n) is 4.30. The zero-order valence-electron chi connectivity index (χ0n) is 18.8. The van der Waals surface area contributed by atoms with Gasteiger partial charge in [-0.05, 0) is 62.2 Å². The maximum Gasteiger partial charge on any atom is 0.287 e. The summed E-state index contributed by atoms with van der Waals surface area (Å²) in [6.07, 6.45) is 1.56. The molecular formula is C26H28Cl2N2O3. The molecule has 1 aliphatic rings. The molecule has 1 saturated heterocycles. The first-order chi connectivity index (χ1) is 15.8. The third kappa shape index (κ3) is 5.60. The topological polar surface area (TPSA) is 62.6 Å². The van der Waals surface area contributed by atoms with Crippen molar-refractivity contribution in [1.82, 2.24) is 10.2 Å². The average molecular weight is 487 g/mol. The van der Waals surface area contributed by atoms with Crippen LogP contribution in [0.1, 0.15) is 47.6 Å². The van der Waals surface area contributed by atoms with E-state index in [2.05, 4.69) is 24.1 Å². The number of nitrogens with one attached hydrogen (secondary N) is 1. The fourth-order valence-corrected chi connectivity index (χ4v) is 4.60. The molecular weight excluding hydrogens is 459 g/mol. The quantitative estimate of drug-likeness (QED) is 0.410. The molecule has 1 aliphatic heterocycles. The van der Waals surface area contributed by atoms with Gasteiger partial charge in [-0.1, -0.05) is 55.2 Å². The summed E-state index contributed by atoms with van der Waals surface area (Å²) in [4.78, 5) is 28.0. The van der Waals surface area contributed by atoms with Crippen LogP contribution in [0.3, 0.4) is 0 Å². The second-order valence-corrected chi connectivity index (χ2v) is 9.85. The number of furan rings is 1. The highest BCUT2D eigenvalue weighted by molar-refractivity contribution is 6.42. The highest BCUT2D eigenvalue weighted by Gasteiger charge is 2.29. The number of nitrogens with zero attached hydrogens (tertiary/aromatic N) is 1. The van der Waals surface area contributed by atoms with Crippen LogP contribution in [0.4, 0.5) is 0 Å².